The molecule has 4 aromatic rings. The number of benzene rings is 4. The van der Waals surface area contributed by atoms with Gasteiger partial charge in [0.1, 0.15) is 27.2 Å². The summed E-state index contributed by atoms with van der Waals surface area (Å²) in [6, 6.07) is 11.9. The van der Waals surface area contributed by atoms with Gasteiger partial charge in [0.2, 0.25) is 0 Å². The van der Waals surface area contributed by atoms with Crippen LogP contribution in [0.1, 0.15) is 0 Å². The van der Waals surface area contributed by atoms with E-state index in [9.17, 15) is 50.7 Å². The van der Waals surface area contributed by atoms with E-state index in [4.69, 9.17) is 4.18 Å². The first-order valence-corrected chi connectivity index (χ1v) is 21.6. The van der Waals surface area contributed by atoms with Gasteiger partial charge in [0.25, 0.3) is 0 Å². The Kier molecular flexibility index (Phi) is 30.1. The zero-order chi connectivity index (χ0) is 41.6. The summed E-state index contributed by atoms with van der Waals surface area (Å²) in [5.41, 5.74) is -0.592. The van der Waals surface area contributed by atoms with Gasteiger partial charge in [-0.1, -0.05) is 6.07 Å². The Morgan fingerprint density at radius 3 is 1.80 bits per heavy atom. The molecule has 0 aliphatic heterocycles. The first-order valence-electron chi connectivity index (χ1n) is 14.8. The average molecular weight is 1010 g/mol. The van der Waals surface area contributed by atoms with E-state index in [1.807, 2.05) is 0 Å². The van der Waals surface area contributed by atoms with Crippen molar-refractivity contribution in [3.8, 4) is 5.75 Å². The Bertz CT molecular complexity index is 2440. The number of hydrogen-bond acceptors (Lipinski definition) is 27. The smallest absolute Gasteiger partial charge is 0.744 e. The number of fused-ring (bicyclic) bond motifs is 1. The number of anilines is 1. The third kappa shape index (κ3) is 18.2. The van der Waals surface area contributed by atoms with Gasteiger partial charge < -0.3 is 30.7 Å². The van der Waals surface area contributed by atoms with Crippen LogP contribution in [0.3, 0.4) is 0 Å². The number of nitrogens with zero attached hydrogens (tertiary/aromatic N) is 4. The van der Waals surface area contributed by atoms with Crippen LogP contribution in [0.15, 0.2) is 101 Å². The summed E-state index contributed by atoms with van der Waals surface area (Å²) in [5, 5.41) is 70.6. The van der Waals surface area contributed by atoms with Crippen molar-refractivity contribution in [2.24, 2.45) is 20.5 Å². The van der Waals surface area contributed by atoms with Gasteiger partial charge in [0, 0.05) is 17.8 Å². The number of nitrogens with one attached hydrogen (secondary N) is 1. The van der Waals surface area contributed by atoms with E-state index in [2.05, 4.69) is 58.1 Å². The van der Waals surface area contributed by atoms with Gasteiger partial charge in [-0.25, -0.2) is 25.3 Å². The van der Waals surface area contributed by atoms with E-state index in [0.29, 0.717) is 11.8 Å². The Morgan fingerprint density at radius 1 is 0.672 bits per heavy atom. The molecule has 0 spiro atoms. The number of sulfone groups is 2. The van der Waals surface area contributed by atoms with Crippen molar-refractivity contribution in [2.75, 3.05) is 37.1 Å². The van der Waals surface area contributed by atoms with Crippen LogP contribution in [0, 0.1) is 0 Å². The van der Waals surface area contributed by atoms with Gasteiger partial charge in [0.05, 0.1) is 67.7 Å². The van der Waals surface area contributed by atoms with Crippen molar-refractivity contribution < 1.29 is 205 Å². The topological polar surface area (TPSA) is 350 Å². The summed E-state index contributed by atoms with van der Waals surface area (Å²) in [4.78, 5) is -2.05. The zero-order valence-electron chi connectivity index (χ0n) is 32.1. The molecule has 2 N–H and O–H groups in total. The molecule has 0 radical (unpaired) electrons. The predicted molar refractivity (Wildman–Crippen MR) is 188 cm³/mol. The second kappa shape index (κ2) is 29.9. The minimum absolute atomic E-state index is 0. The molecule has 0 aromatic heterocycles. The molecule has 0 amide bonds. The minimum Gasteiger partial charge on any atom is -0.744 e. The Labute approximate surface area is 448 Å². The fourth-order valence-corrected chi connectivity index (χ4v) is 8.57. The van der Waals surface area contributed by atoms with Crippen LogP contribution in [0.5, 0.6) is 5.75 Å². The number of rotatable bonds is 23. The number of phenolic OH excluding ortho intramolecular Hbond substituents is 1. The summed E-state index contributed by atoms with van der Waals surface area (Å²) in [6.07, 6.45) is 0. The van der Waals surface area contributed by atoms with Crippen LogP contribution in [-0.2, 0) is 66.3 Å². The Hall–Kier alpha value is 0.360. The van der Waals surface area contributed by atoms with E-state index in [0.717, 1.165) is 12.1 Å². The molecule has 0 fully saturated rings. The molecule has 310 valence electrons. The molecule has 4 rings (SSSR count). The summed E-state index contributed by atoms with van der Waals surface area (Å²) in [7, 11) is -12.0. The van der Waals surface area contributed by atoms with Crippen molar-refractivity contribution in [1.29, 1.82) is 0 Å². The first-order chi connectivity index (χ1) is 27.2. The summed E-state index contributed by atoms with van der Waals surface area (Å²) >= 11 is 0.430. The quantitative estimate of drug-likeness (QED) is 0.0132. The van der Waals surface area contributed by atoms with Gasteiger partial charge >= 0.3 is 118 Å². The molecule has 24 nitrogen and oxygen atoms in total. The van der Waals surface area contributed by atoms with E-state index >= 15 is 0 Å². The second-order valence-electron chi connectivity index (χ2n) is 10.3. The molecule has 0 saturated carbocycles. The summed E-state index contributed by atoms with van der Waals surface area (Å²) in [6.45, 7) is -0.901. The van der Waals surface area contributed by atoms with Gasteiger partial charge in [0.15, 0.2) is 50.1 Å². The standard InChI is InChI=1S/C27H27N5O19S6.4Na/c1-28-22-8-6-19-20(25(22)31-29-16-3-2-4-17(13-16)55(37,38)11-9-44-53-50-47-35)15-23(52-49-46-34)26(27(19)33)32-30-21-7-5-18(14-24(21)57(41,42)43)56(39,40)12-10-45-54-51-48-36;;;;/h2-8,13-15,28,33-36H,9-12H2,1H3,(H,41,42,43);;;;/q;4*+1/p-4. The number of hydrogen-bond donors (Lipinski definition) is 2. The number of aromatic hydroxyl groups is 1. The predicted octanol–water partition coefficient (Wildman–Crippen LogP) is -9.28. The van der Waals surface area contributed by atoms with Crippen LogP contribution >= 0.6 is 36.7 Å². The molecular weight excluding hydrogens is 983 g/mol. The third-order valence-electron chi connectivity index (χ3n) is 6.96. The van der Waals surface area contributed by atoms with Crippen molar-refractivity contribution in [1.82, 2.24) is 0 Å². The van der Waals surface area contributed by atoms with E-state index in [1.54, 1.807) is 7.05 Å². The molecular formula is C27H23N5Na4O19S6. The molecule has 0 atom stereocenters. The number of phenols is 1. The van der Waals surface area contributed by atoms with Crippen LogP contribution in [0.4, 0.5) is 28.4 Å². The fraction of sp³-hybridized carbons (Fsp3) is 0.185. The second-order valence-corrected chi connectivity index (χ2v) is 17.6. The average Bonchev–Trinajstić information content (AvgIpc) is 3.18. The van der Waals surface area contributed by atoms with Crippen LogP contribution in [-0.4, -0.2) is 66.7 Å². The third-order valence-corrected chi connectivity index (χ3v) is 12.5. The molecule has 0 aliphatic rings. The Morgan fingerprint density at radius 2 is 1.25 bits per heavy atom. The molecule has 0 aliphatic carbocycles. The van der Waals surface area contributed by atoms with Crippen molar-refractivity contribution in [2.45, 2.75) is 19.6 Å². The van der Waals surface area contributed by atoms with E-state index < -0.39 is 74.8 Å². The van der Waals surface area contributed by atoms with Gasteiger partial charge in [-0.2, -0.15) is 9.45 Å². The normalized spacial score (nSPS) is 11.8. The maximum Gasteiger partial charge on any atom is 1.00 e. The minimum atomic E-state index is -5.40. The first kappa shape index (κ1) is 61.4. The largest absolute Gasteiger partial charge is 1.00 e. The summed E-state index contributed by atoms with van der Waals surface area (Å²) in [5.74, 6) is -1.88. The van der Waals surface area contributed by atoms with Gasteiger partial charge in [-0.15, -0.1) is 24.0 Å². The summed E-state index contributed by atoms with van der Waals surface area (Å²) < 4.78 is 109. The molecule has 0 heterocycles. The van der Waals surface area contributed by atoms with Gasteiger partial charge in [-0.3, -0.25) is 23.5 Å². The maximum atomic E-state index is 12.8. The van der Waals surface area contributed by atoms with Crippen molar-refractivity contribution >= 4 is 106 Å². The van der Waals surface area contributed by atoms with Crippen LogP contribution in [0.2, 0.25) is 0 Å². The Balaban J connectivity index is 0.00000900. The molecule has 0 saturated heterocycles. The zero-order valence-corrected chi connectivity index (χ0v) is 45.0. The van der Waals surface area contributed by atoms with Crippen molar-refractivity contribution in [3.63, 3.8) is 0 Å². The maximum absolute atomic E-state index is 12.8. The molecule has 61 heavy (non-hydrogen) atoms. The van der Waals surface area contributed by atoms with Gasteiger partial charge in [-0.05, 0) is 54.6 Å². The SMILES string of the molecule is CNc1ccc2c(O)c(N=Nc3ccc(S(=O)(=O)CCOSOO[O-])cc3S(=O)(=O)[O-])c(SOO[O-])cc2c1N=Nc1cccc(S(=O)(=O)CCOSOO[O-])c1.[Na+].[Na+].[Na+].[Na+]. The monoisotopic (exact) mass is 1000 g/mol. The number of azo groups is 2. The molecule has 0 unspecified atom stereocenters. The van der Waals surface area contributed by atoms with E-state index in [-0.39, 0.29) is 193 Å². The van der Waals surface area contributed by atoms with Crippen LogP contribution in [0.25, 0.3) is 10.8 Å². The molecule has 34 heteroatoms. The molecule has 4 aromatic carbocycles. The molecule has 0 bridgehead atoms. The van der Waals surface area contributed by atoms with E-state index in [1.165, 1.54) is 42.5 Å². The van der Waals surface area contributed by atoms with Crippen LogP contribution < -0.4 is 139 Å². The van der Waals surface area contributed by atoms with Crippen molar-refractivity contribution in [3.05, 3.63) is 60.7 Å². The fourth-order valence-electron chi connectivity index (χ4n) is 4.50.